The highest BCUT2D eigenvalue weighted by atomic mass is 15.2. The van der Waals surface area contributed by atoms with Crippen LogP contribution in [0.15, 0.2) is 210 Å². The number of aliphatic imine (C=N–C) groups is 2. The molecule has 1 unspecified atom stereocenters. The number of hydrogen-bond acceptors (Lipinski definition) is 3. The van der Waals surface area contributed by atoms with Gasteiger partial charge in [0.1, 0.15) is 12.0 Å². The predicted octanol–water partition coefficient (Wildman–Crippen LogP) is 12.6. The summed E-state index contributed by atoms with van der Waals surface area (Å²) < 4.78 is 0. The molecule has 3 nitrogen and oxygen atoms in total. The Morgan fingerprint density at radius 1 is 0.370 bits per heavy atom. The van der Waals surface area contributed by atoms with Gasteiger partial charge in [-0.3, -0.25) is 0 Å². The lowest BCUT2D eigenvalue weighted by Crippen LogP contribution is -2.33. The third-order valence-corrected chi connectivity index (χ3v) is 10.5. The Kier molecular flexibility index (Phi) is 7.88. The number of nitrogens with one attached hydrogen (secondary N) is 1. The van der Waals surface area contributed by atoms with Gasteiger partial charge >= 0.3 is 0 Å². The van der Waals surface area contributed by atoms with E-state index in [1.54, 1.807) is 0 Å². The van der Waals surface area contributed by atoms with Gasteiger partial charge in [-0.25, -0.2) is 9.98 Å². The summed E-state index contributed by atoms with van der Waals surface area (Å²) in [6.45, 7) is 0. The highest BCUT2D eigenvalue weighted by molar-refractivity contribution is 6.14. The second-order valence-electron chi connectivity index (χ2n) is 13.8. The molecular formula is C51H35N3. The minimum atomic E-state index is -0.322. The molecule has 0 fully saturated rings. The van der Waals surface area contributed by atoms with E-state index in [1.165, 1.54) is 49.0 Å². The zero-order valence-corrected chi connectivity index (χ0v) is 29.5. The average Bonchev–Trinajstić information content (AvgIpc) is 3.26. The van der Waals surface area contributed by atoms with Gasteiger partial charge < -0.3 is 5.32 Å². The molecule has 0 spiro atoms. The fourth-order valence-corrected chi connectivity index (χ4v) is 7.88. The fraction of sp³-hybridized carbons (Fsp3) is 0.0196. The normalized spacial score (nSPS) is 14.1. The molecule has 54 heavy (non-hydrogen) atoms. The number of fused-ring (bicyclic) bond motifs is 4. The van der Waals surface area contributed by atoms with Crippen LogP contribution in [0.3, 0.4) is 0 Å². The fourth-order valence-electron chi connectivity index (χ4n) is 7.88. The van der Waals surface area contributed by atoms with Crippen molar-refractivity contribution in [2.24, 2.45) is 9.98 Å². The lowest BCUT2D eigenvalue weighted by Gasteiger charge is -2.25. The van der Waals surface area contributed by atoms with E-state index in [-0.39, 0.29) is 6.17 Å². The molecule has 254 valence electrons. The highest BCUT2D eigenvalue weighted by Crippen LogP contribution is 2.40. The summed E-state index contributed by atoms with van der Waals surface area (Å²) in [5.41, 5.74) is 10.2. The van der Waals surface area contributed by atoms with Crippen LogP contribution in [0.4, 0.5) is 0 Å². The van der Waals surface area contributed by atoms with Crippen molar-refractivity contribution in [3.05, 3.63) is 217 Å². The number of amidine groups is 2. The molecule has 9 aromatic carbocycles. The average molecular weight is 690 g/mol. The maximum absolute atomic E-state index is 5.19. The van der Waals surface area contributed by atoms with E-state index >= 15 is 0 Å². The van der Waals surface area contributed by atoms with Crippen LogP contribution in [0.1, 0.15) is 22.9 Å². The number of benzene rings is 9. The van der Waals surface area contributed by atoms with E-state index in [2.05, 4.69) is 187 Å². The predicted molar refractivity (Wildman–Crippen MR) is 227 cm³/mol. The summed E-state index contributed by atoms with van der Waals surface area (Å²) in [7, 11) is 0. The van der Waals surface area contributed by atoms with Crippen molar-refractivity contribution in [2.75, 3.05) is 0 Å². The summed E-state index contributed by atoms with van der Waals surface area (Å²) in [5.74, 6) is 1.50. The molecular weight excluding hydrogens is 655 g/mol. The van der Waals surface area contributed by atoms with Gasteiger partial charge in [0.2, 0.25) is 0 Å². The van der Waals surface area contributed by atoms with Gasteiger partial charge in [0.15, 0.2) is 5.84 Å². The van der Waals surface area contributed by atoms with Crippen molar-refractivity contribution in [1.29, 1.82) is 0 Å². The van der Waals surface area contributed by atoms with Gasteiger partial charge in [0.05, 0.1) is 0 Å². The van der Waals surface area contributed by atoms with Crippen LogP contribution in [0.25, 0.3) is 65.7 Å². The van der Waals surface area contributed by atoms with Gasteiger partial charge in [0.25, 0.3) is 0 Å². The second-order valence-corrected chi connectivity index (χ2v) is 13.8. The molecule has 1 atom stereocenters. The molecule has 10 rings (SSSR count). The van der Waals surface area contributed by atoms with Crippen molar-refractivity contribution in [2.45, 2.75) is 6.17 Å². The Balaban J connectivity index is 1.08. The third kappa shape index (κ3) is 5.73. The molecule has 0 aromatic heterocycles. The lowest BCUT2D eigenvalue weighted by molar-refractivity contribution is 0.676. The van der Waals surface area contributed by atoms with E-state index in [0.29, 0.717) is 5.84 Å². The molecule has 9 aromatic rings. The molecule has 1 aliphatic rings. The Morgan fingerprint density at radius 3 is 1.70 bits per heavy atom. The smallest absolute Gasteiger partial charge is 0.159 e. The zero-order chi connectivity index (χ0) is 35.8. The van der Waals surface area contributed by atoms with Gasteiger partial charge in [-0.05, 0) is 71.8 Å². The molecule has 1 heterocycles. The maximum atomic E-state index is 5.19. The molecule has 3 heteroatoms. The maximum Gasteiger partial charge on any atom is 0.159 e. The molecule has 0 saturated heterocycles. The van der Waals surface area contributed by atoms with Crippen LogP contribution in [0, 0.1) is 0 Å². The van der Waals surface area contributed by atoms with Gasteiger partial charge in [0, 0.05) is 16.7 Å². The van der Waals surface area contributed by atoms with Crippen LogP contribution in [0.5, 0.6) is 0 Å². The zero-order valence-electron chi connectivity index (χ0n) is 29.5. The lowest BCUT2D eigenvalue weighted by atomic mass is 9.88. The summed E-state index contributed by atoms with van der Waals surface area (Å²) in [5, 5.41) is 11.2. The van der Waals surface area contributed by atoms with E-state index in [1.807, 2.05) is 18.2 Å². The standard InChI is InChI=1S/C51H35N3/c1-3-13-34(14-4-1)42-19-11-12-22-46(42)51-53-49(39-17-5-2-6-18-39)52-50(54-51)40-28-26-38(27-29-40)48-44-21-10-8-16-36(44)31-32-45(48)41-30-25-37-24-23-35-15-7-9-20-43(35)47(37)33-41/h1-33,51H,(H,52,53,54). The van der Waals surface area contributed by atoms with E-state index in [9.17, 15) is 0 Å². The number of rotatable bonds is 6. The van der Waals surface area contributed by atoms with Gasteiger partial charge in [-0.1, -0.05) is 194 Å². The first-order valence-electron chi connectivity index (χ1n) is 18.4. The molecule has 0 amide bonds. The summed E-state index contributed by atoms with van der Waals surface area (Å²) in [6.07, 6.45) is -0.322. The Bertz CT molecular complexity index is 2890. The minimum Gasteiger partial charge on any atom is -0.344 e. The van der Waals surface area contributed by atoms with Crippen LogP contribution in [-0.4, -0.2) is 11.7 Å². The molecule has 1 aliphatic heterocycles. The van der Waals surface area contributed by atoms with Crippen LogP contribution >= 0.6 is 0 Å². The van der Waals surface area contributed by atoms with Gasteiger partial charge in [-0.2, -0.15) is 0 Å². The molecule has 0 radical (unpaired) electrons. The third-order valence-electron chi connectivity index (χ3n) is 10.5. The first kappa shape index (κ1) is 31.6. The topological polar surface area (TPSA) is 36.8 Å². The van der Waals surface area contributed by atoms with Crippen molar-refractivity contribution < 1.29 is 0 Å². The summed E-state index contributed by atoms with van der Waals surface area (Å²) >= 11 is 0. The molecule has 1 N–H and O–H groups in total. The van der Waals surface area contributed by atoms with Gasteiger partial charge in [-0.15, -0.1) is 0 Å². The molecule has 0 bridgehead atoms. The molecule has 0 saturated carbocycles. The van der Waals surface area contributed by atoms with Crippen molar-refractivity contribution in [3.8, 4) is 33.4 Å². The van der Waals surface area contributed by atoms with Crippen molar-refractivity contribution >= 4 is 44.0 Å². The Labute approximate surface area is 314 Å². The summed E-state index contributed by atoms with van der Waals surface area (Å²) in [4.78, 5) is 10.3. The Morgan fingerprint density at radius 2 is 0.926 bits per heavy atom. The first-order valence-corrected chi connectivity index (χ1v) is 18.4. The Hall–Kier alpha value is -7.10. The highest BCUT2D eigenvalue weighted by Gasteiger charge is 2.24. The van der Waals surface area contributed by atoms with E-state index < -0.39 is 0 Å². The quantitative estimate of drug-likeness (QED) is 0.173. The second kappa shape index (κ2) is 13.5. The van der Waals surface area contributed by atoms with E-state index in [0.717, 1.165) is 39.2 Å². The SMILES string of the molecule is c1ccc(C2=NC(c3ccccc3-c3ccccc3)NC(c3ccc(-c4c(-c5ccc6ccc7ccccc7c6c5)ccc5ccccc45)cc3)=N2)cc1. The largest absolute Gasteiger partial charge is 0.344 e. The first-order chi connectivity index (χ1) is 26.8. The van der Waals surface area contributed by atoms with Crippen LogP contribution < -0.4 is 5.32 Å². The van der Waals surface area contributed by atoms with Crippen molar-refractivity contribution in [1.82, 2.24) is 5.32 Å². The summed E-state index contributed by atoms with van der Waals surface area (Å²) in [6, 6.07) is 71.3. The van der Waals surface area contributed by atoms with Crippen LogP contribution in [-0.2, 0) is 0 Å². The number of hydrogen-bond donors (Lipinski definition) is 1. The monoisotopic (exact) mass is 689 g/mol. The van der Waals surface area contributed by atoms with Crippen molar-refractivity contribution in [3.63, 3.8) is 0 Å². The van der Waals surface area contributed by atoms with E-state index in [4.69, 9.17) is 9.98 Å². The van der Waals surface area contributed by atoms with Crippen LogP contribution in [0.2, 0.25) is 0 Å². The minimum absolute atomic E-state index is 0.322. The number of nitrogens with zero attached hydrogens (tertiary/aromatic N) is 2. The molecule has 0 aliphatic carbocycles.